The van der Waals surface area contributed by atoms with Crippen molar-refractivity contribution in [3.8, 4) is 6.07 Å². The molecular weight excluding hydrogens is 383 g/mol. The van der Waals surface area contributed by atoms with Crippen molar-refractivity contribution >= 4 is 30.5 Å². The van der Waals surface area contributed by atoms with E-state index in [1.165, 1.54) is 4.57 Å². The van der Waals surface area contributed by atoms with Gasteiger partial charge in [0.2, 0.25) is 5.95 Å². The second kappa shape index (κ2) is 7.56. The Balaban J connectivity index is 2.01. The van der Waals surface area contributed by atoms with E-state index in [-0.39, 0.29) is 12.5 Å². The average molecular weight is 402 g/mol. The highest BCUT2D eigenvalue weighted by Gasteiger charge is 2.20. The van der Waals surface area contributed by atoms with E-state index in [9.17, 15) is 19.1 Å². The van der Waals surface area contributed by atoms with Crippen LogP contribution in [0.1, 0.15) is 28.7 Å². The van der Waals surface area contributed by atoms with Crippen LogP contribution in [0.3, 0.4) is 0 Å². The highest BCUT2D eigenvalue weighted by atomic mass is 31.2. The third-order valence-corrected chi connectivity index (χ3v) is 4.93. The first-order valence-corrected chi connectivity index (χ1v) is 10.3. The SMILES string of the molecule is CCn1nc(C)cc1C(=O)Nc1nc2cc(C#N)ccc2n1CCP(=O)(O)O. The zero-order chi connectivity index (χ0) is 20.5. The second-order valence-electron chi connectivity index (χ2n) is 6.23. The van der Waals surface area contributed by atoms with Crippen LogP contribution in [0.4, 0.5) is 5.95 Å². The lowest BCUT2D eigenvalue weighted by molar-refractivity contribution is 0.101. The fourth-order valence-electron chi connectivity index (χ4n) is 2.89. The number of benzene rings is 1. The Labute approximate surface area is 160 Å². The Kier molecular flexibility index (Phi) is 5.34. The molecule has 3 N–H and O–H groups in total. The number of amides is 1. The molecular formula is C17H19N6O4P. The van der Waals surface area contributed by atoms with Crippen LogP contribution >= 0.6 is 7.60 Å². The van der Waals surface area contributed by atoms with Gasteiger partial charge in [-0.2, -0.15) is 10.4 Å². The van der Waals surface area contributed by atoms with Crippen LogP contribution < -0.4 is 5.32 Å². The number of rotatable bonds is 6. The summed E-state index contributed by atoms with van der Waals surface area (Å²) >= 11 is 0. The number of nitriles is 1. The maximum absolute atomic E-state index is 12.7. The molecule has 28 heavy (non-hydrogen) atoms. The van der Waals surface area contributed by atoms with Crippen molar-refractivity contribution in [1.82, 2.24) is 19.3 Å². The molecule has 1 aromatic carbocycles. The highest BCUT2D eigenvalue weighted by Crippen LogP contribution is 2.35. The molecule has 0 fully saturated rings. The summed E-state index contributed by atoms with van der Waals surface area (Å²) in [6.07, 6.45) is -0.409. The number of anilines is 1. The summed E-state index contributed by atoms with van der Waals surface area (Å²) in [4.78, 5) is 35.5. The molecule has 0 saturated carbocycles. The number of aromatic nitrogens is 4. The number of aryl methyl sites for hydroxylation is 3. The lowest BCUT2D eigenvalue weighted by Gasteiger charge is -2.11. The summed E-state index contributed by atoms with van der Waals surface area (Å²) in [5, 5.41) is 16.0. The molecule has 3 rings (SSSR count). The Morgan fingerprint density at radius 3 is 2.75 bits per heavy atom. The van der Waals surface area contributed by atoms with Gasteiger partial charge in [0.25, 0.3) is 5.91 Å². The quantitative estimate of drug-likeness (QED) is 0.533. The third-order valence-electron chi connectivity index (χ3n) is 4.15. The van der Waals surface area contributed by atoms with Crippen molar-refractivity contribution in [2.24, 2.45) is 0 Å². The number of carbonyl (C=O) groups is 1. The number of carbonyl (C=O) groups excluding carboxylic acids is 1. The minimum atomic E-state index is -4.25. The molecule has 3 aromatic rings. The summed E-state index contributed by atoms with van der Waals surface area (Å²) in [6.45, 7) is 4.11. The van der Waals surface area contributed by atoms with E-state index in [2.05, 4.69) is 15.4 Å². The minimum absolute atomic E-state index is 0.0473. The van der Waals surface area contributed by atoms with E-state index in [0.717, 1.165) is 0 Å². The number of fused-ring (bicyclic) bond motifs is 1. The molecule has 11 heteroatoms. The molecule has 0 radical (unpaired) electrons. The summed E-state index contributed by atoms with van der Waals surface area (Å²) in [7, 11) is -4.25. The monoisotopic (exact) mass is 402 g/mol. The van der Waals surface area contributed by atoms with Crippen LogP contribution in [-0.2, 0) is 17.7 Å². The van der Waals surface area contributed by atoms with E-state index in [1.54, 1.807) is 35.9 Å². The number of hydrogen-bond donors (Lipinski definition) is 3. The Morgan fingerprint density at radius 1 is 1.36 bits per heavy atom. The van der Waals surface area contributed by atoms with E-state index < -0.39 is 19.7 Å². The number of nitrogens with one attached hydrogen (secondary N) is 1. The fourth-order valence-corrected chi connectivity index (χ4v) is 3.35. The molecule has 146 valence electrons. The van der Waals surface area contributed by atoms with Gasteiger partial charge in [0.15, 0.2) is 0 Å². The van der Waals surface area contributed by atoms with Gasteiger partial charge < -0.3 is 14.4 Å². The molecule has 0 aliphatic carbocycles. The predicted molar refractivity (Wildman–Crippen MR) is 102 cm³/mol. The predicted octanol–water partition coefficient (Wildman–Crippen LogP) is 1.86. The van der Waals surface area contributed by atoms with Gasteiger partial charge in [-0.25, -0.2) is 4.98 Å². The molecule has 2 aromatic heterocycles. The fraction of sp³-hybridized carbons (Fsp3) is 0.294. The summed E-state index contributed by atoms with van der Waals surface area (Å²) in [5.41, 5.74) is 2.44. The number of hydrogen-bond acceptors (Lipinski definition) is 5. The number of imidazole rings is 1. The van der Waals surface area contributed by atoms with Gasteiger partial charge in [0.05, 0.1) is 34.5 Å². The number of nitrogens with zero attached hydrogens (tertiary/aromatic N) is 5. The standard InChI is InChI=1S/C17H19N6O4P/c1-3-23-15(8-11(2)21-23)16(24)20-17-19-13-9-12(10-18)4-5-14(13)22(17)6-7-28(25,26)27/h4-5,8-9H,3,6-7H2,1-2H3,(H,19,20,24)(H2,25,26,27). The smallest absolute Gasteiger partial charge is 0.324 e. The lowest BCUT2D eigenvalue weighted by Crippen LogP contribution is -2.20. The van der Waals surface area contributed by atoms with Gasteiger partial charge in [-0.1, -0.05) is 0 Å². The van der Waals surface area contributed by atoms with Crippen molar-refractivity contribution < 1.29 is 19.1 Å². The largest absolute Gasteiger partial charge is 0.327 e. The second-order valence-corrected chi connectivity index (χ2v) is 8.01. The summed E-state index contributed by atoms with van der Waals surface area (Å²) in [6, 6.07) is 8.44. The van der Waals surface area contributed by atoms with E-state index in [1.807, 2.05) is 13.0 Å². The third kappa shape index (κ3) is 4.12. The van der Waals surface area contributed by atoms with Crippen molar-refractivity contribution in [3.63, 3.8) is 0 Å². The Hall–Kier alpha value is -2.99. The molecule has 0 aliphatic rings. The topological polar surface area (TPSA) is 146 Å². The summed E-state index contributed by atoms with van der Waals surface area (Å²) in [5.74, 6) is -0.291. The van der Waals surface area contributed by atoms with Crippen LogP contribution in [0.25, 0.3) is 11.0 Å². The van der Waals surface area contributed by atoms with Gasteiger partial charge >= 0.3 is 7.60 Å². The summed E-state index contributed by atoms with van der Waals surface area (Å²) < 4.78 is 14.4. The van der Waals surface area contributed by atoms with Crippen LogP contribution in [0.5, 0.6) is 0 Å². The first-order valence-electron chi connectivity index (χ1n) is 8.52. The Morgan fingerprint density at radius 2 is 2.11 bits per heavy atom. The van der Waals surface area contributed by atoms with E-state index >= 15 is 0 Å². The van der Waals surface area contributed by atoms with Gasteiger partial charge in [-0.15, -0.1) is 0 Å². The maximum atomic E-state index is 12.7. The lowest BCUT2D eigenvalue weighted by atomic mass is 10.2. The van der Waals surface area contributed by atoms with Crippen molar-refractivity contribution in [2.75, 3.05) is 11.5 Å². The molecule has 0 saturated heterocycles. The molecule has 0 unspecified atom stereocenters. The maximum Gasteiger partial charge on any atom is 0.327 e. The average Bonchev–Trinajstić information content (AvgIpc) is 3.18. The van der Waals surface area contributed by atoms with E-state index in [4.69, 9.17) is 5.26 Å². The molecule has 0 aliphatic heterocycles. The van der Waals surface area contributed by atoms with E-state index in [0.29, 0.717) is 34.5 Å². The zero-order valence-corrected chi connectivity index (χ0v) is 16.2. The molecule has 0 atom stereocenters. The molecule has 0 spiro atoms. The molecule has 2 heterocycles. The van der Waals surface area contributed by atoms with Crippen molar-refractivity contribution in [2.45, 2.75) is 26.9 Å². The van der Waals surface area contributed by atoms with Crippen molar-refractivity contribution in [1.29, 1.82) is 5.26 Å². The first kappa shape index (κ1) is 19.8. The van der Waals surface area contributed by atoms with Crippen LogP contribution in [-0.4, -0.2) is 41.2 Å². The molecule has 0 bridgehead atoms. The van der Waals surface area contributed by atoms with Gasteiger partial charge in [0.1, 0.15) is 5.69 Å². The van der Waals surface area contributed by atoms with Crippen LogP contribution in [0, 0.1) is 18.3 Å². The van der Waals surface area contributed by atoms with Crippen molar-refractivity contribution in [3.05, 3.63) is 41.2 Å². The Bertz CT molecular complexity index is 1140. The minimum Gasteiger partial charge on any atom is -0.324 e. The van der Waals surface area contributed by atoms with Crippen LogP contribution in [0.2, 0.25) is 0 Å². The van der Waals surface area contributed by atoms with Gasteiger partial charge in [-0.3, -0.25) is 19.4 Å². The first-order chi connectivity index (χ1) is 13.2. The highest BCUT2D eigenvalue weighted by molar-refractivity contribution is 7.51. The molecule has 1 amide bonds. The van der Waals surface area contributed by atoms with Crippen LogP contribution in [0.15, 0.2) is 24.3 Å². The molecule has 10 nitrogen and oxygen atoms in total. The zero-order valence-electron chi connectivity index (χ0n) is 15.3. The normalized spacial score (nSPS) is 11.5. The van der Waals surface area contributed by atoms with Gasteiger partial charge in [0, 0.05) is 13.1 Å². The van der Waals surface area contributed by atoms with Gasteiger partial charge in [-0.05, 0) is 38.1 Å².